The lowest BCUT2D eigenvalue weighted by atomic mass is 10.1. The molecule has 1 amide bonds. The second-order valence-electron chi connectivity index (χ2n) is 7.06. The molecule has 3 aromatic rings. The summed E-state index contributed by atoms with van der Waals surface area (Å²) in [5.41, 5.74) is 3.48. The fraction of sp³-hybridized carbons (Fsp3) is 0.348. The van der Waals surface area contributed by atoms with Gasteiger partial charge in [-0.15, -0.1) is 0 Å². The SMILES string of the molecule is CCc1ccc(-c2noc(CCC(=O)NC(C)CCc3ccccc3)n2)cc1. The maximum absolute atomic E-state index is 12.2. The predicted molar refractivity (Wildman–Crippen MR) is 110 cm³/mol. The third-order valence-corrected chi connectivity index (χ3v) is 4.77. The number of nitrogens with one attached hydrogen (secondary N) is 1. The zero-order valence-corrected chi connectivity index (χ0v) is 16.5. The Hall–Kier alpha value is -2.95. The summed E-state index contributed by atoms with van der Waals surface area (Å²) in [5, 5.41) is 7.07. The smallest absolute Gasteiger partial charge is 0.227 e. The molecule has 0 spiro atoms. The van der Waals surface area contributed by atoms with Gasteiger partial charge in [0.1, 0.15) is 0 Å². The summed E-state index contributed by atoms with van der Waals surface area (Å²) in [5.74, 6) is 1.06. The molecule has 0 aliphatic heterocycles. The highest BCUT2D eigenvalue weighted by Crippen LogP contribution is 2.17. The molecular formula is C23H27N3O2. The van der Waals surface area contributed by atoms with Crippen molar-refractivity contribution in [1.82, 2.24) is 15.5 Å². The van der Waals surface area contributed by atoms with Crippen LogP contribution in [0.25, 0.3) is 11.4 Å². The van der Waals surface area contributed by atoms with E-state index in [1.807, 2.05) is 37.3 Å². The third-order valence-electron chi connectivity index (χ3n) is 4.77. The standard InChI is InChI=1S/C23H27N3O2/c1-3-18-11-13-20(14-12-18)23-25-22(28-26-23)16-15-21(27)24-17(2)9-10-19-7-5-4-6-8-19/h4-8,11-14,17H,3,9-10,15-16H2,1-2H3,(H,24,27). The first-order chi connectivity index (χ1) is 13.6. The van der Waals surface area contributed by atoms with E-state index >= 15 is 0 Å². The highest BCUT2D eigenvalue weighted by atomic mass is 16.5. The van der Waals surface area contributed by atoms with Crippen LogP contribution >= 0.6 is 0 Å². The Kier molecular flexibility index (Phi) is 6.95. The Morgan fingerprint density at radius 2 is 1.79 bits per heavy atom. The van der Waals surface area contributed by atoms with E-state index in [-0.39, 0.29) is 11.9 Å². The van der Waals surface area contributed by atoms with Crippen LogP contribution in [0.2, 0.25) is 0 Å². The molecule has 0 bridgehead atoms. The lowest BCUT2D eigenvalue weighted by molar-refractivity contribution is -0.121. The van der Waals surface area contributed by atoms with Gasteiger partial charge in [0.25, 0.3) is 0 Å². The fourth-order valence-electron chi connectivity index (χ4n) is 3.03. The van der Waals surface area contributed by atoms with Crippen LogP contribution in [-0.2, 0) is 24.1 Å². The molecule has 28 heavy (non-hydrogen) atoms. The average molecular weight is 377 g/mol. The van der Waals surface area contributed by atoms with E-state index in [1.54, 1.807) is 0 Å². The highest BCUT2D eigenvalue weighted by molar-refractivity contribution is 5.76. The number of hydrogen-bond acceptors (Lipinski definition) is 4. The van der Waals surface area contributed by atoms with Crippen molar-refractivity contribution in [1.29, 1.82) is 0 Å². The van der Waals surface area contributed by atoms with E-state index in [1.165, 1.54) is 11.1 Å². The molecule has 0 fully saturated rings. The van der Waals surface area contributed by atoms with E-state index in [2.05, 4.69) is 46.6 Å². The molecule has 1 N–H and O–H groups in total. The van der Waals surface area contributed by atoms with Crippen LogP contribution in [0.4, 0.5) is 0 Å². The Labute approximate surface area is 166 Å². The van der Waals surface area contributed by atoms with Crippen LogP contribution in [0.1, 0.15) is 43.7 Å². The maximum atomic E-state index is 12.2. The first kappa shape index (κ1) is 19.8. The molecule has 0 saturated heterocycles. The van der Waals surface area contributed by atoms with Gasteiger partial charge in [0, 0.05) is 24.4 Å². The zero-order valence-electron chi connectivity index (χ0n) is 16.5. The van der Waals surface area contributed by atoms with Crippen molar-refractivity contribution in [3.63, 3.8) is 0 Å². The van der Waals surface area contributed by atoms with Gasteiger partial charge >= 0.3 is 0 Å². The van der Waals surface area contributed by atoms with Crippen LogP contribution in [0.5, 0.6) is 0 Å². The van der Waals surface area contributed by atoms with Gasteiger partial charge in [0.2, 0.25) is 17.6 Å². The van der Waals surface area contributed by atoms with Crippen molar-refractivity contribution >= 4 is 5.91 Å². The van der Waals surface area contributed by atoms with E-state index in [9.17, 15) is 4.79 Å². The summed E-state index contributed by atoms with van der Waals surface area (Å²) >= 11 is 0. The van der Waals surface area contributed by atoms with Gasteiger partial charge in [-0.1, -0.05) is 66.7 Å². The zero-order chi connectivity index (χ0) is 19.8. The van der Waals surface area contributed by atoms with Crippen LogP contribution in [-0.4, -0.2) is 22.1 Å². The number of rotatable bonds is 9. The van der Waals surface area contributed by atoms with E-state index in [4.69, 9.17) is 4.52 Å². The summed E-state index contributed by atoms with van der Waals surface area (Å²) in [7, 11) is 0. The molecule has 1 aromatic heterocycles. The van der Waals surface area contributed by atoms with Gasteiger partial charge in [0.05, 0.1) is 0 Å². The number of hydrogen-bond donors (Lipinski definition) is 1. The predicted octanol–water partition coefficient (Wildman–Crippen LogP) is 4.37. The monoisotopic (exact) mass is 377 g/mol. The molecule has 1 heterocycles. The number of aryl methyl sites for hydroxylation is 3. The van der Waals surface area contributed by atoms with Crippen molar-refractivity contribution in [2.24, 2.45) is 0 Å². The minimum Gasteiger partial charge on any atom is -0.354 e. The van der Waals surface area contributed by atoms with Gasteiger partial charge < -0.3 is 9.84 Å². The highest BCUT2D eigenvalue weighted by Gasteiger charge is 2.12. The fourth-order valence-corrected chi connectivity index (χ4v) is 3.03. The van der Waals surface area contributed by atoms with Gasteiger partial charge in [-0.3, -0.25) is 4.79 Å². The molecule has 0 aliphatic rings. The van der Waals surface area contributed by atoms with E-state index in [0.717, 1.165) is 24.8 Å². The van der Waals surface area contributed by atoms with E-state index in [0.29, 0.717) is 24.6 Å². The first-order valence-corrected chi connectivity index (χ1v) is 9.89. The molecule has 146 valence electrons. The summed E-state index contributed by atoms with van der Waals surface area (Å²) < 4.78 is 5.30. The number of nitrogens with zero attached hydrogens (tertiary/aromatic N) is 2. The van der Waals surface area contributed by atoms with Crippen molar-refractivity contribution in [3.05, 3.63) is 71.6 Å². The topological polar surface area (TPSA) is 68.0 Å². The van der Waals surface area contributed by atoms with Crippen LogP contribution in [0.15, 0.2) is 59.1 Å². The normalized spacial score (nSPS) is 11.9. The van der Waals surface area contributed by atoms with Crippen LogP contribution < -0.4 is 5.32 Å². The average Bonchev–Trinajstić information content (AvgIpc) is 3.21. The Balaban J connectivity index is 1.43. The lowest BCUT2D eigenvalue weighted by Crippen LogP contribution is -2.33. The molecule has 5 nitrogen and oxygen atoms in total. The van der Waals surface area contributed by atoms with Crippen LogP contribution in [0.3, 0.4) is 0 Å². The summed E-state index contributed by atoms with van der Waals surface area (Å²) in [6, 6.07) is 18.6. The van der Waals surface area contributed by atoms with Crippen molar-refractivity contribution < 1.29 is 9.32 Å². The van der Waals surface area contributed by atoms with Gasteiger partial charge in [-0.25, -0.2) is 0 Å². The number of benzene rings is 2. The van der Waals surface area contributed by atoms with Crippen molar-refractivity contribution in [2.75, 3.05) is 0 Å². The van der Waals surface area contributed by atoms with Gasteiger partial charge in [0.15, 0.2) is 0 Å². The molecule has 0 aliphatic carbocycles. The largest absolute Gasteiger partial charge is 0.354 e. The number of aromatic nitrogens is 2. The molecule has 1 atom stereocenters. The molecule has 2 aromatic carbocycles. The lowest BCUT2D eigenvalue weighted by Gasteiger charge is -2.13. The third kappa shape index (κ3) is 5.78. The second kappa shape index (κ2) is 9.83. The maximum Gasteiger partial charge on any atom is 0.227 e. The molecule has 5 heteroatoms. The number of carbonyl (C=O) groups is 1. The Bertz CT molecular complexity index is 872. The minimum absolute atomic E-state index is 0.00705. The molecule has 0 saturated carbocycles. The molecule has 3 rings (SSSR count). The minimum atomic E-state index is 0.00705. The van der Waals surface area contributed by atoms with Crippen molar-refractivity contribution in [3.8, 4) is 11.4 Å². The number of carbonyl (C=O) groups excluding carboxylic acids is 1. The number of amides is 1. The second-order valence-corrected chi connectivity index (χ2v) is 7.06. The summed E-state index contributed by atoms with van der Waals surface area (Å²) in [4.78, 5) is 16.6. The molecular weight excluding hydrogens is 350 g/mol. The summed E-state index contributed by atoms with van der Waals surface area (Å²) in [6.45, 7) is 4.15. The first-order valence-electron chi connectivity index (χ1n) is 9.89. The van der Waals surface area contributed by atoms with Crippen LogP contribution in [0, 0.1) is 0 Å². The summed E-state index contributed by atoms with van der Waals surface area (Å²) in [6.07, 6.45) is 3.64. The van der Waals surface area contributed by atoms with Gasteiger partial charge in [-0.05, 0) is 37.3 Å². The Morgan fingerprint density at radius 1 is 1.04 bits per heavy atom. The van der Waals surface area contributed by atoms with Crippen molar-refractivity contribution in [2.45, 2.75) is 52.0 Å². The van der Waals surface area contributed by atoms with Gasteiger partial charge in [-0.2, -0.15) is 4.98 Å². The van der Waals surface area contributed by atoms with E-state index < -0.39 is 0 Å². The quantitative estimate of drug-likeness (QED) is 0.601. The molecule has 1 unspecified atom stereocenters. The Morgan fingerprint density at radius 3 is 2.50 bits per heavy atom. The molecule has 0 radical (unpaired) electrons.